The standard InChI is InChI=1S/C16H16N2O2/c1-19-13-5-3-12(4-6-13)16-18-14-10-11(8-9-17)2-7-15(14)20-16/h2-7,10H,8-9,17H2,1H3. The molecule has 2 aromatic carbocycles. The van der Waals surface area contributed by atoms with Crippen LogP contribution in [-0.4, -0.2) is 18.6 Å². The van der Waals surface area contributed by atoms with Crippen molar-refractivity contribution in [2.45, 2.75) is 6.42 Å². The maximum absolute atomic E-state index is 5.78. The van der Waals surface area contributed by atoms with E-state index in [0.29, 0.717) is 12.4 Å². The molecule has 1 heterocycles. The number of methoxy groups -OCH3 is 1. The Labute approximate surface area is 117 Å². The van der Waals surface area contributed by atoms with Gasteiger partial charge in [-0.25, -0.2) is 4.98 Å². The second kappa shape index (κ2) is 5.35. The fourth-order valence-electron chi connectivity index (χ4n) is 2.15. The molecule has 0 atom stereocenters. The fraction of sp³-hybridized carbons (Fsp3) is 0.188. The molecule has 0 radical (unpaired) electrons. The summed E-state index contributed by atoms with van der Waals surface area (Å²) in [6, 6.07) is 13.7. The van der Waals surface area contributed by atoms with E-state index in [1.54, 1.807) is 7.11 Å². The highest BCUT2D eigenvalue weighted by molar-refractivity contribution is 5.77. The zero-order valence-electron chi connectivity index (χ0n) is 11.3. The van der Waals surface area contributed by atoms with Crippen LogP contribution < -0.4 is 10.5 Å². The molecule has 0 amide bonds. The smallest absolute Gasteiger partial charge is 0.227 e. The Morgan fingerprint density at radius 2 is 1.95 bits per heavy atom. The van der Waals surface area contributed by atoms with Crippen LogP contribution in [0.15, 0.2) is 46.9 Å². The van der Waals surface area contributed by atoms with Gasteiger partial charge in [0.25, 0.3) is 0 Å². The lowest BCUT2D eigenvalue weighted by atomic mass is 10.1. The average Bonchev–Trinajstić information content (AvgIpc) is 2.91. The molecule has 1 aromatic heterocycles. The Bertz CT molecular complexity index is 717. The van der Waals surface area contributed by atoms with E-state index < -0.39 is 0 Å². The summed E-state index contributed by atoms with van der Waals surface area (Å²) in [7, 11) is 1.65. The van der Waals surface area contributed by atoms with Crippen molar-refractivity contribution < 1.29 is 9.15 Å². The first kappa shape index (κ1) is 12.7. The highest BCUT2D eigenvalue weighted by atomic mass is 16.5. The summed E-state index contributed by atoms with van der Waals surface area (Å²) in [5.41, 5.74) is 9.33. The van der Waals surface area contributed by atoms with Crippen LogP contribution in [0.3, 0.4) is 0 Å². The third-order valence-electron chi connectivity index (χ3n) is 3.22. The van der Waals surface area contributed by atoms with Gasteiger partial charge in [0.1, 0.15) is 11.3 Å². The third-order valence-corrected chi connectivity index (χ3v) is 3.22. The van der Waals surface area contributed by atoms with Gasteiger partial charge in [-0.1, -0.05) is 6.07 Å². The van der Waals surface area contributed by atoms with Crippen LogP contribution in [0.5, 0.6) is 5.75 Å². The molecule has 0 fully saturated rings. The van der Waals surface area contributed by atoms with Crippen molar-refractivity contribution in [3.8, 4) is 17.2 Å². The number of ether oxygens (including phenoxy) is 1. The summed E-state index contributed by atoms with van der Waals surface area (Å²) in [5.74, 6) is 1.43. The number of rotatable bonds is 4. The van der Waals surface area contributed by atoms with Gasteiger partial charge >= 0.3 is 0 Å². The SMILES string of the molecule is COc1ccc(-c2nc3cc(CCN)ccc3o2)cc1. The molecule has 0 aliphatic heterocycles. The lowest BCUT2D eigenvalue weighted by molar-refractivity contribution is 0.415. The fourth-order valence-corrected chi connectivity index (χ4v) is 2.15. The van der Waals surface area contributed by atoms with Crippen molar-refractivity contribution >= 4 is 11.1 Å². The largest absolute Gasteiger partial charge is 0.497 e. The van der Waals surface area contributed by atoms with Crippen molar-refractivity contribution in [1.82, 2.24) is 4.98 Å². The van der Waals surface area contributed by atoms with E-state index >= 15 is 0 Å². The number of hydrogen-bond acceptors (Lipinski definition) is 4. The van der Waals surface area contributed by atoms with Crippen LogP contribution in [0.25, 0.3) is 22.6 Å². The first-order chi connectivity index (χ1) is 9.80. The van der Waals surface area contributed by atoms with Crippen LogP contribution in [0.2, 0.25) is 0 Å². The molecule has 4 nitrogen and oxygen atoms in total. The molecule has 102 valence electrons. The van der Waals surface area contributed by atoms with E-state index in [2.05, 4.69) is 4.98 Å². The maximum Gasteiger partial charge on any atom is 0.227 e. The summed E-state index contributed by atoms with van der Waals surface area (Å²) >= 11 is 0. The lowest BCUT2D eigenvalue weighted by Gasteiger charge is -1.99. The summed E-state index contributed by atoms with van der Waals surface area (Å²) in [6.07, 6.45) is 0.848. The van der Waals surface area contributed by atoms with Gasteiger partial charge in [0, 0.05) is 5.56 Å². The van der Waals surface area contributed by atoms with E-state index in [0.717, 1.165) is 28.8 Å². The molecule has 3 rings (SSSR count). The molecule has 4 heteroatoms. The summed E-state index contributed by atoms with van der Waals surface area (Å²) in [4.78, 5) is 4.53. The lowest BCUT2D eigenvalue weighted by Crippen LogP contribution is -2.02. The minimum atomic E-state index is 0.618. The molecule has 0 aliphatic carbocycles. The molecule has 0 spiro atoms. The normalized spacial score (nSPS) is 10.9. The number of nitrogens with zero attached hydrogens (tertiary/aromatic N) is 1. The van der Waals surface area contributed by atoms with Gasteiger partial charge in [-0.15, -0.1) is 0 Å². The number of aromatic nitrogens is 1. The quantitative estimate of drug-likeness (QED) is 0.790. The average molecular weight is 268 g/mol. The molecule has 3 aromatic rings. The summed E-state index contributed by atoms with van der Waals surface area (Å²) in [5, 5.41) is 0. The Hall–Kier alpha value is -2.33. The van der Waals surface area contributed by atoms with Gasteiger partial charge < -0.3 is 14.9 Å². The zero-order valence-corrected chi connectivity index (χ0v) is 11.3. The first-order valence-corrected chi connectivity index (χ1v) is 6.54. The number of oxazole rings is 1. The van der Waals surface area contributed by atoms with Crippen molar-refractivity contribution in [3.05, 3.63) is 48.0 Å². The zero-order chi connectivity index (χ0) is 13.9. The minimum absolute atomic E-state index is 0.618. The molecule has 2 N–H and O–H groups in total. The van der Waals surface area contributed by atoms with Gasteiger partial charge in [-0.3, -0.25) is 0 Å². The highest BCUT2D eigenvalue weighted by Gasteiger charge is 2.08. The van der Waals surface area contributed by atoms with Crippen molar-refractivity contribution in [3.63, 3.8) is 0 Å². The molecule has 0 aliphatic rings. The Kier molecular flexibility index (Phi) is 3.39. The summed E-state index contributed by atoms with van der Waals surface area (Å²) < 4.78 is 10.9. The first-order valence-electron chi connectivity index (χ1n) is 6.54. The van der Waals surface area contributed by atoms with Crippen molar-refractivity contribution in [2.75, 3.05) is 13.7 Å². The van der Waals surface area contributed by atoms with Crippen molar-refractivity contribution in [1.29, 1.82) is 0 Å². The molecule has 0 bridgehead atoms. The topological polar surface area (TPSA) is 61.3 Å². The van der Waals surface area contributed by atoms with Gasteiger partial charge in [0.2, 0.25) is 5.89 Å². The van der Waals surface area contributed by atoms with Crippen LogP contribution in [0, 0.1) is 0 Å². The number of nitrogens with two attached hydrogens (primary N) is 1. The van der Waals surface area contributed by atoms with E-state index in [4.69, 9.17) is 14.9 Å². The van der Waals surface area contributed by atoms with E-state index in [9.17, 15) is 0 Å². The minimum Gasteiger partial charge on any atom is -0.497 e. The summed E-state index contributed by atoms with van der Waals surface area (Å²) in [6.45, 7) is 0.634. The highest BCUT2D eigenvalue weighted by Crippen LogP contribution is 2.26. The van der Waals surface area contributed by atoms with Gasteiger partial charge in [-0.05, 0) is 54.9 Å². The molecular weight excluding hydrogens is 252 g/mol. The number of benzene rings is 2. The Balaban J connectivity index is 1.98. The van der Waals surface area contributed by atoms with E-state index in [1.165, 1.54) is 5.56 Å². The molecule has 0 saturated carbocycles. The second-order valence-corrected chi connectivity index (χ2v) is 4.59. The maximum atomic E-state index is 5.78. The predicted molar refractivity (Wildman–Crippen MR) is 78.8 cm³/mol. The number of hydrogen-bond donors (Lipinski definition) is 1. The van der Waals surface area contributed by atoms with Crippen molar-refractivity contribution in [2.24, 2.45) is 5.73 Å². The van der Waals surface area contributed by atoms with Crippen LogP contribution in [0.1, 0.15) is 5.56 Å². The predicted octanol–water partition coefficient (Wildman–Crippen LogP) is 3.00. The monoisotopic (exact) mass is 268 g/mol. The molecule has 20 heavy (non-hydrogen) atoms. The second-order valence-electron chi connectivity index (χ2n) is 4.59. The van der Waals surface area contributed by atoms with Crippen LogP contribution in [-0.2, 0) is 6.42 Å². The Morgan fingerprint density at radius 3 is 2.65 bits per heavy atom. The van der Waals surface area contributed by atoms with E-state index in [-0.39, 0.29) is 0 Å². The molecule has 0 unspecified atom stereocenters. The van der Waals surface area contributed by atoms with Gasteiger partial charge in [0.05, 0.1) is 7.11 Å². The van der Waals surface area contributed by atoms with E-state index in [1.807, 2.05) is 42.5 Å². The molecule has 0 saturated heterocycles. The molecular formula is C16H16N2O2. The van der Waals surface area contributed by atoms with Crippen LogP contribution in [0.4, 0.5) is 0 Å². The number of fused-ring (bicyclic) bond motifs is 1. The van der Waals surface area contributed by atoms with Gasteiger partial charge in [-0.2, -0.15) is 0 Å². The third kappa shape index (κ3) is 2.38. The van der Waals surface area contributed by atoms with Crippen LogP contribution >= 0.6 is 0 Å². The van der Waals surface area contributed by atoms with Gasteiger partial charge in [0.15, 0.2) is 5.58 Å². The Morgan fingerprint density at radius 1 is 1.15 bits per heavy atom.